The molecular weight excluding hydrogens is 412 g/mol. The second kappa shape index (κ2) is 9.43. The molecule has 2 amide bonds. The Morgan fingerprint density at radius 3 is 2.71 bits per heavy atom. The fourth-order valence-corrected chi connectivity index (χ4v) is 4.88. The highest BCUT2D eigenvalue weighted by atomic mass is 32.2. The van der Waals surface area contributed by atoms with Crippen LogP contribution >= 0.6 is 11.8 Å². The summed E-state index contributed by atoms with van der Waals surface area (Å²) in [7, 11) is 1.60. The van der Waals surface area contributed by atoms with Crippen LogP contribution in [0.5, 0.6) is 5.75 Å². The second-order valence-electron chi connectivity index (χ2n) is 7.38. The van der Waals surface area contributed by atoms with Gasteiger partial charge in [-0.3, -0.25) is 9.59 Å². The first-order valence-electron chi connectivity index (χ1n) is 10.4. The third kappa shape index (κ3) is 4.54. The van der Waals surface area contributed by atoms with Gasteiger partial charge in [0, 0.05) is 18.8 Å². The van der Waals surface area contributed by atoms with E-state index in [1.54, 1.807) is 36.3 Å². The summed E-state index contributed by atoms with van der Waals surface area (Å²) in [5, 5.41) is 3.75. The number of fused-ring (bicyclic) bond motifs is 1. The third-order valence-electron chi connectivity index (χ3n) is 5.49. The van der Waals surface area contributed by atoms with Gasteiger partial charge in [-0.1, -0.05) is 23.9 Å². The van der Waals surface area contributed by atoms with Gasteiger partial charge < -0.3 is 19.5 Å². The molecule has 0 bridgehead atoms. The number of likely N-dealkylation sites (tertiary alicyclic amines) is 1. The zero-order valence-electron chi connectivity index (χ0n) is 17.7. The molecule has 2 aromatic carbocycles. The lowest BCUT2D eigenvalue weighted by atomic mass is 10.2. The number of ether oxygens (including phenoxy) is 1. The summed E-state index contributed by atoms with van der Waals surface area (Å²) in [5.41, 5.74) is 2.69. The number of carbonyl (C=O) groups excluding carboxylic acids is 2. The topological polar surface area (TPSA) is 76.5 Å². The Morgan fingerprint density at radius 2 is 1.97 bits per heavy atom. The lowest BCUT2D eigenvalue weighted by Crippen LogP contribution is -2.44. The summed E-state index contributed by atoms with van der Waals surface area (Å²) >= 11 is 1.43. The van der Waals surface area contributed by atoms with Crippen molar-refractivity contribution in [3.63, 3.8) is 0 Å². The Morgan fingerprint density at radius 1 is 1.19 bits per heavy atom. The normalized spacial score (nSPS) is 15.9. The van der Waals surface area contributed by atoms with Crippen LogP contribution in [-0.4, -0.2) is 51.7 Å². The summed E-state index contributed by atoms with van der Waals surface area (Å²) in [6, 6.07) is 14.7. The van der Waals surface area contributed by atoms with Gasteiger partial charge in [-0.25, -0.2) is 4.98 Å². The van der Waals surface area contributed by atoms with E-state index >= 15 is 0 Å². The maximum atomic E-state index is 13.0. The molecule has 1 fully saturated rings. The number of rotatable bonds is 7. The van der Waals surface area contributed by atoms with Gasteiger partial charge in [0.2, 0.25) is 11.8 Å². The van der Waals surface area contributed by atoms with E-state index in [-0.39, 0.29) is 17.6 Å². The van der Waals surface area contributed by atoms with Gasteiger partial charge in [-0.05, 0) is 56.2 Å². The monoisotopic (exact) mass is 438 g/mol. The molecule has 1 aliphatic rings. The summed E-state index contributed by atoms with van der Waals surface area (Å²) in [4.78, 5) is 32.1. The molecule has 0 aliphatic carbocycles. The number of carbonyl (C=O) groups is 2. The number of aryl methyl sites for hydroxylation is 1. The summed E-state index contributed by atoms with van der Waals surface area (Å²) in [6.45, 7) is 3.46. The summed E-state index contributed by atoms with van der Waals surface area (Å²) in [5.74, 6) is 0.801. The number of para-hydroxylation sites is 2. The van der Waals surface area contributed by atoms with Gasteiger partial charge in [-0.2, -0.15) is 0 Å². The number of aromatic nitrogens is 2. The first kappa shape index (κ1) is 21.2. The van der Waals surface area contributed by atoms with E-state index in [1.165, 1.54) is 11.8 Å². The van der Waals surface area contributed by atoms with Crippen LogP contribution in [0, 0.1) is 0 Å². The lowest BCUT2D eigenvalue weighted by molar-refractivity contribution is -0.134. The Hall–Kier alpha value is -3.00. The molecule has 3 aromatic rings. The summed E-state index contributed by atoms with van der Waals surface area (Å²) < 4.78 is 7.26. The molecule has 162 valence electrons. The lowest BCUT2D eigenvalue weighted by Gasteiger charge is -2.24. The Kier molecular flexibility index (Phi) is 6.46. The van der Waals surface area contributed by atoms with Crippen LogP contribution in [0.3, 0.4) is 0 Å². The number of thioether (sulfide) groups is 1. The quantitative estimate of drug-likeness (QED) is 0.568. The highest BCUT2D eigenvalue weighted by Crippen LogP contribution is 2.26. The van der Waals surface area contributed by atoms with Crippen LogP contribution < -0.4 is 10.1 Å². The maximum absolute atomic E-state index is 13.0. The van der Waals surface area contributed by atoms with Crippen LogP contribution in [-0.2, 0) is 16.1 Å². The number of benzene rings is 2. The highest BCUT2D eigenvalue weighted by Gasteiger charge is 2.34. The van der Waals surface area contributed by atoms with E-state index in [4.69, 9.17) is 4.74 Å². The minimum absolute atomic E-state index is 0.0351. The molecule has 7 nitrogen and oxygen atoms in total. The molecule has 31 heavy (non-hydrogen) atoms. The number of anilines is 1. The smallest absolute Gasteiger partial charge is 0.247 e. The predicted molar refractivity (Wildman–Crippen MR) is 122 cm³/mol. The number of amides is 2. The number of hydrogen-bond donors (Lipinski definition) is 1. The number of imidazole rings is 1. The molecule has 0 spiro atoms. The number of nitrogens with one attached hydrogen (secondary N) is 1. The van der Waals surface area contributed by atoms with Crippen LogP contribution in [0.25, 0.3) is 11.0 Å². The molecular formula is C23H26N4O3S. The first-order chi connectivity index (χ1) is 15.1. The molecule has 2 heterocycles. The minimum atomic E-state index is -0.444. The van der Waals surface area contributed by atoms with E-state index in [0.717, 1.165) is 34.9 Å². The van der Waals surface area contributed by atoms with Crippen molar-refractivity contribution in [1.82, 2.24) is 14.5 Å². The van der Waals surface area contributed by atoms with Crippen LogP contribution in [0.15, 0.2) is 53.7 Å². The molecule has 1 atom stereocenters. The van der Waals surface area contributed by atoms with Crippen LogP contribution in [0.2, 0.25) is 0 Å². The SMILES string of the molecule is CCn1c(SCC(=O)N2CCCC2C(=O)Nc2ccc(OC)cc2)nc2ccccc21. The van der Waals surface area contributed by atoms with Gasteiger partial charge >= 0.3 is 0 Å². The van der Waals surface area contributed by atoms with E-state index in [0.29, 0.717) is 18.7 Å². The molecule has 1 N–H and O–H groups in total. The van der Waals surface area contributed by atoms with E-state index in [1.807, 2.05) is 24.3 Å². The minimum Gasteiger partial charge on any atom is -0.497 e. The van der Waals surface area contributed by atoms with Gasteiger partial charge in [0.25, 0.3) is 0 Å². The Bertz CT molecular complexity index is 1080. The van der Waals surface area contributed by atoms with Crippen molar-refractivity contribution in [3.8, 4) is 5.75 Å². The second-order valence-corrected chi connectivity index (χ2v) is 8.32. The fraction of sp³-hybridized carbons (Fsp3) is 0.348. The van der Waals surface area contributed by atoms with Gasteiger partial charge in [0.15, 0.2) is 5.16 Å². The number of hydrogen-bond acceptors (Lipinski definition) is 5. The molecule has 1 unspecified atom stereocenters. The molecule has 4 rings (SSSR count). The summed E-state index contributed by atoms with van der Waals surface area (Å²) in [6.07, 6.45) is 1.50. The van der Waals surface area contributed by atoms with Crippen molar-refractivity contribution in [1.29, 1.82) is 0 Å². The zero-order valence-corrected chi connectivity index (χ0v) is 18.5. The van der Waals surface area contributed by atoms with Crippen molar-refractivity contribution in [2.24, 2.45) is 0 Å². The first-order valence-corrected chi connectivity index (χ1v) is 11.4. The van der Waals surface area contributed by atoms with Crippen LogP contribution in [0.4, 0.5) is 5.69 Å². The largest absolute Gasteiger partial charge is 0.497 e. The molecule has 1 saturated heterocycles. The fourth-order valence-electron chi connectivity index (χ4n) is 3.92. The molecule has 1 aliphatic heterocycles. The van der Waals surface area contributed by atoms with Gasteiger partial charge in [-0.15, -0.1) is 0 Å². The van der Waals surface area contributed by atoms with Crippen molar-refractivity contribution in [2.75, 3.05) is 24.7 Å². The molecule has 0 saturated carbocycles. The van der Waals surface area contributed by atoms with Crippen LogP contribution in [0.1, 0.15) is 19.8 Å². The van der Waals surface area contributed by atoms with Crippen molar-refractivity contribution in [3.05, 3.63) is 48.5 Å². The van der Waals surface area contributed by atoms with Crippen molar-refractivity contribution in [2.45, 2.75) is 37.5 Å². The highest BCUT2D eigenvalue weighted by molar-refractivity contribution is 7.99. The Balaban J connectivity index is 1.40. The van der Waals surface area contributed by atoms with E-state index in [9.17, 15) is 9.59 Å². The van der Waals surface area contributed by atoms with Crippen molar-refractivity contribution < 1.29 is 14.3 Å². The maximum Gasteiger partial charge on any atom is 0.247 e. The third-order valence-corrected chi connectivity index (χ3v) is 6.46. The van der Waals surface area contributed by atoms with Gasteiger partial charge in [0.1, 0.15) is 11.8 Å². The van der Waals surface area contributed by atoms with E-state index in [2.05, 4.69) is 21.8 Å². The molecule has 1 aromatic heterocycles. The standard InChI is InChI=1S/C23H26N4O3S/c1-3-26-19-8-5-4-7-18(19)25-23(26)31-15-21(28)27-14-6-9-20(27)22(29)24-16-10-12-17(30-2)13-11-16/h4-5,7-8,10-13,20H,3,6,9,14-15H2,1-2H3,(H,24,29). The van der Waals surface area contributed by atoms with E-state index < -0.39 is 6.04 Å². The van der Waals surface area contributed by atoms with Gasteiger partial charge in [0.05, 0.1) is 23.9 Å². The molecule has 8 heteroatoms. The zero-order chi connectivity index (χ0) is 21.8. The van der Waals surface area contributed by atoms with Crippen molar-refractivity contribution >= 4 is 40.3 Å². The number of methoxy groups -OCH3 is 1. The predicted octanol–water partition coefficient (Wildman–Crippen LogP) is 3.79. The Labute approximate surface area is 185 Å². The number of nitrogens with zero attached hydrogens (tertiary/aromatic N) is 3. The average Bonchev–Trinajstić information content (AvgIpc) is 3.42. The average molecular weight is 439 g/mol. The molecule has 0 radical (unpaired) electrons.